The third-order valence-electron chi connectivity index (χ3n) is 3.83. The summed E-state index contributed by atoms with van der Waals surface area (Å²) in [6, 6.07) is 7.44. The van der Waals surface area contributed by atoms with Gasteiger partial charge in [-0.1, -0.05) is 0 Å². The van der Waals surface area contributed by atoms with Crippen molar-refractivity contribution in [2.45, 2.75) is 19.4 Å². The van der Waals surface area contributed by atoms with Crippen LogP contribution in [0, 0.1) is 0 Å². The summed E-state index contributed by atoms with van der Waals surface area (Å²) < 4.78 is 12.0. The Kier molecular flexibility index (Phi) is 3.62. The number of benzene rings is 1. The van der Waals surface area contributed by atoms with Gasteiger partial charge in [0.05, 0.1) is 24.9 Å². The second-order valence-corrected chi connectivity index (χ2v) is 5.90. The molecule has 0 aliphatic carbocycles. The Balaban J connectivity index is 1.82. The zero-order valence-electron chi connectivity index (χ0n) is 12.9. The van der Waals surface area contributed by atoms with Crippen LogP contribution in [0.2, 0.25) is 0 Å². The van der Waals surface area contributed by atoms with E-state index in [4.69, 9.17) is 9.47 Å². The molecular formula is C16H19N3O3. The minimum absolute atomic E-state index is 0.130. The van der Waals surface area contributed by atoms with Crippen LogP contribution in [0.25, 0.3) is 11.3 Å². The molecule has 22 heavy (non-hydrogen) atoms. The fourth-order valence-corrected chi connectivity index (χ4v) is 2.43. The highest BCUT2D eigenvalue weighted by molar-refractivity contribution is 5.79. The van der Waals surface area contributed by atoms with Crippen molar-refractivity contribution in [1.82, 2.24) is 14.5 Å². The average Bonchev–Trinajstić information content (AvgIpc) is 3.13. The number of hydrogen-bond donors (Lipinski definition) is 0. The van der Waals surface area contributed by atoms with Crippen LogP contribution < -0.4 is 4.74 Å². The molecule has 116 valence electrons. The molecule has 1 saturated heterocycles. The van der Waals surface area contributed by atoms with Gasteiger partial charge in [0.2, 0.25) is 0 Å². The van der Waals surface area contributed by atoms with Gasteiger partial charge in [-0.2, -0.15) is 0 Å². The summed E-state index contributed by atoms with van der Waals surface area (Å²) in [6.07, 6.45) is 3.27. The normalized spacial score (nSPS) is 16.8. The third-order valence-corrected chi connectivity index (χ3v) is 3.83. The van der Waals surface area contributed by atoms with E-state index in [-0.39, 0.29) is 11.6 Å². The first-order chi connectivity index (χ1) is 10.5. The van der Waals surface area contributed by atoms with E-state index in [9.17, 15) is 4.79 Å². The summed E-state index contributed by atoms with van der Waals surface area (Å²) in [5.41, 5.74) is 1.37. The van der Waals surface area contributed by atoms with E-state index in [0.29, 0.717) is 13.3 Å². The van der Waals surface area contributed by atoms with E-state index in [1.165, 1.54) is 10.9 Å². The van der Waals surface area contributed by atoms with Gasteiger partial charge in [0.1, 0.15) is 18.8 Å². The molecule has 0 bridgehead atoms. The second kappa shape index (κ2) is 5.46. The number of rotatable bonds is 2. The zero-order valence-corrected chi connectivity index (χ0v) is 12.9. The summed E-state index contributed by atoms with van der Waals surface area (Å²) in [7, 11) is 1.63. The molecule has 1 aliphatic heterocycles. The maximum Gasteiger partial charge on any atom is 0.331 e. The molecule has 3 rings (SSSR count). The van der Waals surface area contributed by atoms with Crippen molar-refractivity contribution in [3.63, 3.8) is 0 Å². The van der Waals surface area contributed by atoms with Crippen molar-refractivity contribution in [3.05, 3.63) is 36.8 Å². The van der Waals surface area contributed by atoms with Gasteiger partial charge in [0.15, 0.2) is 0 Å². The highest BCUT2D eigenvalue weighted by atomic mass is 16.5. The molecule has 0 radical (unpaired) electrons. The Hall–Kier alpha value is -2.34. The summed E-state index contributed by atoms with van der Waals surface area (Å²) >= 11 is 0. The molecule has 1 aliphatic rings. The Morgan fingerprint density at radius 3 is 2.64 bits per heavy atom. The SMILES string of the molecule is COc1ccc(-c2cn(C(=O)N3COCC3(C)C)cn2)cc1. The maximum absolute atomic E-state index is 12.6. The van der Waals surface area contributed by atoms with E-state index < -0.39 is 0 Å². The Bertz CT molecular complexity index is 676. The number of ether oxygens (including phenoxy) is 2. The van der Waals surface area contributed by atoms with Crippen LogP contribution in [0.5, 0.6) is 5.75 Å². The van der Waals surface area contributed by atoms with E-state index in [1.54, 1.807) is 18.2 Å². The van der Waals surface area contributed by atoms with Crippen molar-refractivity contribution in [1.29, 1.82) is 0 Å². The van der Waals surface area contributed by atoms with Crippen molar-refractivity contribution < 1.29 is 14.3 Å². The van der Waals surface area contributed by atoms with Gasteiger partial charge in [-0.3, -0.25) is 9.47 Å². The van der Waals surface area contributed by atoms with E-state index in [1.807, 2.05) is 38.1 Å². The number of imidazole rings is 1. The van der Waals surface area contributed by atoms with Crippen LogP contribution in [0.15, 0.2) is 36.8 Å². The van der Waals surface area contributed by atoms with Gasteiger partial charge in [-0.15, -0.1) is 0 Å². The van der Waals surface area contributed by atoms with E-state index >= 15 is 0 Å². The highest BCUT2D eigenvalue weighted by Gasteiger charge is 2.37. The number of nitrogens with zero attached hydrogens (tertiary/aromatic N) is 3. The van der Waals surface area contributed by atoms with Crippen LogP contribution in [0.3, 0.4) is 0 Å². The van der Waals surface area contributed by atoms with Gasteiger partial charge in [0, 0.05) is 11.8 Å². The maximum atomic E-state index is 12.6. The summed E-state index contributed by atoms with van der Waals surface area (Å²) in [4.78, 5) is 18.6. The molecule has 2 heterocycles. The molecule has 1 aromatic heterocycles. The topological polar surface area (TPSA) is 56.6 Å². The molecular weight excluding hydrogens is 282 g/mol. The first-order valence-corrected chi connectivity index (χ1v) is 7.09. The number of carbonyl (C=O) groups excluding carboxylic acids is 1. The molecule has 1 amide bonds. The monoisotopic (exact) mass is 301 g/mol. The van der Waals surface area contributed by atoms with Crippen LogP contribution in [-0.2, 0) is 4.74 Å². The molecule has 6 heteroatoms. The first kappa shape index (κ1) is 14.6. The summed E-state index contributed by atoms with van der Waals surface area (Å²) in [6.45, 7) is 4.82. The van der Waals surface area contributed by atoms with Crippen molar-refractivity contribution >= 4 is 6.03 Å². The lowest BCUT2D eigenvalue weighted by molar-refractivity contribution is 0.140. The quantitative estimate of drug-likeness (QED) is 0.855. The number of amides is 1. The van der Waals surface area contributed by atoms with Crippen LogP contribution in [-0.4, -0.2) is 46.5 Å². The molecule has 1 aromatic carbocycles. The second-order valence-electron chi connectivity index (χ2n) is 5.90. The lowest BCUT2D eigenvalue weighted by atomic mass is 10.1. The smallest absolute Gasteiger partial charge is 0.331 e. The number of aromatic nitrogens is 2. The predicted molar refractivity (Wildman–Crippen MR) is 81.7 cm³/mol. The van der Waals surface area contributed by atoms with Gasteiger partial charge in [-0.05, 0) is 38.1 Å². The largest absolute Gasteiger partial charge is 0.497 e. The van der Waals surface area contributed by atoms with Gasteiger partial charge in [0.25, 0.3) is 0 Å². The Morgan fingerprint density at radius 1 is 1.32 bits per heavy atom. The fourth-order valence-electron chi connectivity index (χ4n) is 2.43. The standard InChI is InChI=1S/C16H19N3O3/c1-16(2)9-22-11-19(16)15(20)18-8-14(17-10-18)12-4-6-13(21-3)7-5-12/h4-8,10H,9,11H2,1-3H3. The van der Waals surface area contributed by atoms with Crippen molar-refractivity contribution in [3.8, 4) is 17.0 Å². The predicted octanol–water partition coefficient (Wildman–Crippen LogP) is 2.60. The Labute approximate surface area is 129 Å². The number of carbonyl (C=O) groups is 1. The Morgan fingerprint density at radius 2 is 2.05 bits per heavy atom. The summed E-state index contributed by atoms with van der Waals surface area (Å²) in [5, 5.41) is 0. The number of methoxy groups -OCH3 is 1. The van der Waals surface area contributed by atoms with E-state index in [2.05, 4.69) is 4.98 Å². The van der Waals surface area contributed by atoms with Crippen LogP contribution >= 0.6 is 0 Å². The highest BCUT2D eigenvalue weighted by Crippen LogP contribution is 2.24. The minimum atomic E-state index is -0.304. The van der Waals surface area contributed by atoms with Crippen molar-refractivity contribution in [2.24, 2.45) is 0 Å². The fraction of sp³-hybridized carbons (Fsp3) is 0.375. The van der Waals surface area contributed by atoms with E-state index in [0.717, 1.165) is 17.0 Å². The number of hydrogen-bond acceptors (Lipinski definition) is 4. The molecule has 2 aromatic rings. The van der Waals surface area contributed by atoms with Crippen LogP contribution in [0.4, 0.5) is 4.79 Å². The molecule has 0 saturated carbocycles. The molecule has 0 atom stereocenters. The minimum Gasteiger partial charge on any atom is -0.497 e. The third kappa shape index (κ3) is 2.57. The van der Waals surface area contributed by atoms with Gasteiger partial charge < -0.3 is 9.47 Å². The van der Waals surface area contributed by atoms with Crippen molar-refractivity contribution in [2.75, 3.05) is 20.4 Å². The summed E-state index contributed by atoms with van der Waals surface area (Å²) in [5.74, 6) is 0.787. The lowest BCUT2D eigenvalue weighted by Gasteiger charge is -2.28. The first-order valence-electron chi connectivity index (χ1n) is 7.09. The average molecular weight is 301 g/mol. The van der Waals surface area contributed by atoms with Gasteiger partial charge in [-0.25, -0.2) is 9.78 Å². The zero-order chi connectivity index (χ0) is 15.7. The molecule has 0 spiro atoms. The molecule has 0 unspecified atom stereocenters. The van der Waals surface area contributed by atoms with Crippen LogP contribution in [0.1, 0.15) is 13.8 Å². The molecule has 1 fully saturated rings. The van der Waals surface area contributed by atoms with Gasteiger partial charge >= 0.3 is 6.03 Å². The molecule has 0 N–H and O–H groups in total. The lowest BCUT2D eigenvalue weighted by Crippen LogP contribution is -2.45. The molecule has 6 nitrogen and oxygen atoms in total.